The van der Waals surface area contributed by atoms with E-state index in [0.29, 0.717) is 5.69 Å². The third-order valence-electron chi connectivity index (χ3n) is 2.24. The lowest BCUT2D eigenvalue weighted by Gasteiger charge is -2.10. The molecule has 78 valence electrons. The maximum Gasteiger partial charge on any atom is 0.254 e. The van der Waals surface area contributed by atoms with Gasteiger partial charge in [0, 0.05) is 5.69 Å². The largest absolute Gasteiger partial charge is 0.326 e. The molecule has 0 aliphatic carbocycles. The van der Waals surface area contributed by atoms with E-state index in [4.69, 9.17) is 0 Å². The van der Waals surface area contributed by atoms with Gasteiger partial charge >= 0.3 is 0 Å². The summed E-state index contributed by atoms with van der Waals surface area (Å²) in [5, 5.41) is 0. The van der Waals surface area contributed by atoms with Crippen molar-refractivity contribution in [2.24, 2.45) is 0 Å². The summed E-state index contributed by atoms with van der Waals surface area (Å²) in [6.45, 7) is 7.45. The van der Waals surface area contributed by atoms with E-state index in [1.54, 1.807) is 0 Å². The van der Waals surface area contributed by atoms with Gasteiger partial charge < -0.3 is 4.98 Å². The highest BCUT2D eigenvalue weighted by Gasteiger charge is 2.13. The van der Waals surface area contributed by atoms with Crippen LogP contribution in [0, 0.1) is 5.82 Å². The van der Waals surface area contributed by atoms with Gasteiger partial charge in [-0.1, -0.05) is 27.7 Å². The molecule has 0 atom stereocenters. The summed E-state index contributed by atoms with van der Waals surface area (Å²) in [7, 11) is 0. The molecule has 1 heterocycles. The SMILES string of the molecule is CC(C)c1cc(F)c(C(C)C)c(=O)[nH]1. The molecule has 1 aromatic rings. The van der Waals surface area contributed by atoms with Crippen LogP contribution in [0.25, 0.3) is 0 Å². The summed E-state index contributed by atoms with van der Waals surface area (Å²) in [6.07, 6.45) is 0. The first-order chi connectivity index (χ1) is 6.43. The Kier molecular flexibility index (Phi) is 3.09. The number of hydrogen-bond acceptors (Lipinski definition) is 1. The highest BCUT2D eigenvalue weighted by atomic mass is 19.1. The number of pyridine rings is 1. The second-order valence-electron chi connectivity index (χ2n) is 4.12. The smallest absolute Gasteiger partial charge is 0.254 e. The quantitative estimate of drug-likeness (QED) is 0.777. The summed E-state index contributed by atoms with van der Waals surface area (Å²) in [6, 6.07) is 1.42. The molecule has 0 fully saturated rings. The molecule has 14 heavy (non-hydrogen) atoms. The molecule has 0 bridgehead atoms. The van der Waals surface area contributed by atoms with E-state index in [1.807, 2.05) is 27.7 Å². The number of nitrogens with one attached hydrogen (secondary N) is 1. The van der Waals surface area contributed by atoms with Crippen molar-refractivity contribution in [3.8, 4) is 0 Å². The Morgan fingerprint density at radius 1 is 1.21 bits per heavy atom. The molecule has 0 unspecified atom stereocenters. The van der Waals surface area contributed by atoms with Crippen LogP contribution in [0.4, 0.5) is 4.39 Å². The van der Waals surface area contributed by atoms with Crippen molar-refractivity contribution in [2.75, 3.05) is 0 Å². The van der Waals surface area contributed by atoms with E-state index in [2.05, 4.69) is 4.98 Å². The van der Waals surface area contributed by atoms with Gasteiger partial charge in [0.25, 0.3) is 5.56 Å². The molecule has 2 nitrogen and oxygen atoms in total. The Bertz CT molecular complexity index is 379. The van der Waals surface area contributed by atoms with E-state index in [-0.39, 0.29) is 23.0 Å². The molecule has 0 saturated carbocycles. The van der Waals surface area contributed by atoms with Crippen molar-refractivity contribution in [2.45, 2.75) is 39.5 Å². The normalized spacial score (nSPS) is 11.4. The molecule has 0 amide bonds. The van der Waals surface area contributed by atoms with Gasteiger partial charge in [-0.2, -0.15) is 0 Å². The van der Waals surface area contributed by atoms with Crippen molar-refractivity contribution in [3.05, 3.63) is 33.5 Å². The summed E-state index contributed by atoms with van der Waals surface area (Å²) >= 11 is 0. The number of halogens is 1. The molecule has 1 N–H and O–H groups in total. The number of aromatic amines is 1. The molecule has 0 aliphatic heterocycles. The topological polar surface area (TPSA) is 32.9 Å². The molecular weight excluding hydrogens is 181 g/mol. The van der Waals surface area contributed by atoms with Gasteiger partial charge in [0.05, 0.1) is 5.56 Å². The molecule has 3 heteroatoms. The van der Waals surface area contributed by atoms with Crippen LogP contribution in [-0.4, -0.2) is 4.98 Å². The van der Waals surface area contributed by atoms with Gasteiger partial charge in [0.1, 0.15) is 5.82 Å². The highest BCUT2D eigenvalue weighted by molar-refractivity contribution is 5.21. The Morgan fingerprint density at radius 2 is 1.79 bits per heavy atom. The average Bonchev–Trinajstić information content (AvgIpc) is 2.01. The molecule has 1 rings (SSSR count). The van der Waals surface area contributed by atoms with E-state index < -0.39 is 5.82 Å². The van der Waals surface area contributed by atoms with Crippen LogP contribution in [0.2, 0.25) is 0 Å². The first-order valence-electron chi connectivity index (χ1n) is 4.86. The van der Waals surface area contributed by atoms with Gasteiger partial charge in [-0.25, -0.2) is 4.39 Å². The van der Waals surface area contributed by atoms with Crippen LogP contribution >= 0.6 is 0 Å². The monoisotopic (exact) mass is 197 g/mol. The summed E-state index contributed by atoms with van der Waals surface area (Å²) in [5.41, 5.74) is 0.593. The third kappa shape index (κ3) is 2.03. The highest BCUT2D eigenvalue weighted by Crippen LogP contribution is 2.17. The van der Waals surface area contributed by atoms with Gasteiger partial charge in [-0.3, -0.25) is 4.79 Å². The molecule has 1 aromatic heterocycles. The minimum Gasteiger partial charge on any atom is -0.326 e. The maximum absolute atomic E-state index is 13.5. The number of aromatic nitrogens is 1. The predicted molar refractivity (Wildman–Crippen MR) is 55.2 cm³/mol. The summed E-state index contributed by atoms with van der Waals surface area (Å²) < 4.78 is 13.5. The van der Waals surface area contributed by atoms with Crippen LogP contribution in [-0.2, 0) is 0 Å². The van der Waals surface area contributed by atoms with Crippen LogP contribution in [0.3, 0.4) is 0 Å². The van der Waals surface area contributed by atoms with E-state index in [0.717, 1.165) is 0 Å². The second kappa shape index (κ2) is 3.95. The second-order valence-corrected chi connectivity index (χ2v) is 4.12. The van der Waals surface area contributed by atoms with Crippen molar-refractivity contribution in [3.63, 3.8) is 0 Å². The lowest BCUT2D eigenvalue weighted by atomic mass is 10.0. The van der Waals surface area contributed by atoms with Gasteiger partial charge in [-0.15, -0.1) is 0 Å². The van der Waals surface area contributed by atoms with Crippen molar-refractivity contribution >= 4 is 0 Å². The third-order valence-corrected chi connectivity index (χ3v) is 2.24. The average molecular weight is 197 g/mol. The minimum atomic E-state index is -0.396. The Hall–Kier alpha value is -1.12. The van der Waals surface area contributed by atoms with Crippen LogP contribution in [0.1, 0.15) is 50.8 Å². The lowest BCUT2D eigenvalue weighted by molar-refractivity contribution is 0.583. The molecule has 0 spiro atoms. The minimum absolute atomic E-state index is 0.0834. The number of H-pyrrole nitrogens is 1. The van der Waals surface area contributed by atoms with Gasteiger partial charge in [0.2, 0.25) is 0 Å². The standard InChI is InChI=1S/C11H16FNO/c1-6(2)9-5-8(12)10(7(3)4)11(14)13-9/h5-7H,1-4H3,(H,13,14). The fraction of sp³-hybridized carbons (Fsp3) is 0.545. The van der Waals surface area contributed by atoms with Crippen molar-refractivity contribution in [1.82, 2.24) is 4.98 Å². The Balaban J connectivity index is 3.33. The van der Waals surface area contributed by atoms with Gasteiger partial charge in [0.15, 0.2) is 0 Å². The van der Waals surface area contributed by atoms with E-state index in [9.17, 15) is 9.18 Å². The summed E-state index contributed by atoms with van der Waals surface area (Å²) in [4.78, 5) is 14.2. The molecule has 0 aliphatic rings. The molecule has 0 saturated heterocycles. The Labute approximate surface area is 83.2 Å². The van der Waals surface area contributed by atoms with E-state index in [1.165, 1.54) is 6.07 Å². The lowest BCUT2D eigenvalue weighted by Crippen LogP contribution is -2.18. The zero-order chi connectivity index (χ0) is 10.9. The van der Waals surface area contributed by atoms with Crippen LogP contribution in [0.5, 0.6) is 0 Å². The van der Waals surface area contributed by atoms with Crippen LogP contribution < -0.4 is 5.56 Å². The predicted octanol–water partition coefficient (Wildman–Crippen LogP) is 2.76. The van der Waals surface area contributed by atoms with Crippen molar-refractivity contribution < 1.29 is 4.39 Å². The van der Waals surface area contributed by atoms with E-state index >= 15 is 0 Å². The maximum atomic E-state index is 13.5. The number of hydrogen-bond donors (Lipinski definition) is 1. The first kappa shape index (κ1) is 11.0. The molecular formula is C11H16FNO. The fourth-order valence-corrected chi connectivity index (χ4v) is 1.41. The number of rotatable bonds is 2. The van der Waals surface area contributed by atoms with Crippen LogP contribution in [0.15, 0.2) is 10.9 Å². The van der Waals surface area contributed by atoms with Gasteiger partial charge in [-0.05, 0) is 17.9 Å². The summed E-state index contributed by atoms with van der Waals surface area (Å²) in [5.74, 6) is -0.342. The molecule has 0 radical (unpaired) electrons. The molecule has 0 aromatic carbocycles. The zero-order valence-corrected chi connectivity index (χ0v) is 9.02. The fourth-order valence-electron chi connectivity index (χ4n) is 1.41. The zero-order valence-electron chi connectivity index (χ0n) is 9.02. The first-order valence-corrected chi connectivity index (χ1v) is 4.86. The van der Waals surface area contributed by atoms with Crippen molar-refractivity contribution in [1.29, 1.82) is 0 Å². The Morgan fingerprint density at radius 3 is 2.14 bits per heavy atom.